The molecule has 0 aliphatic rings. The summed E-state index contributed by atoms with van der Waals surface area (Å²) >= 11 is 3.34. The molecule has 2 aromatic carbocycles. The van der Waals surface area contributed by atoms with Crippen molar-refractivity contribution in [2.24, 2.45) is 5.10 Å². The van der Waals surface area contributed by atoms with Crippen LogP contribution in [0.3, 0.4) is 0 Å². The molecule has 0 unspecified atom stereocenters. The highest BCUT2D eigenvalue weighted by Gasteiger charge is 2.07. The molecular formula is C23H19BrN2O6. The number of rotatable bonds is 9. The predicted molar refractivity (Wildman–Crippen MR) is 122 cm³/mol. The van der Waals surface area contributed by atoms with Gasteiger partial charge in [-0.25, -0.2) is 10.2 Å². The van der Waals surface area contributed by atoms with Gasteiger partial charge in [0.15, 0.2) is 18.1 Å². The zero-order valence-electron chi connectivity index (χ0n) is 17.0. The van der Waals surface area contributed by atoms with Gasteiger partial charge in [-0.05, 0) is 66.2 Å². The first-order valence-electron chi connectivity index (χ1n) is 9.35. The Bertz CT molecular complexity index is 1110. The molecule has 0 atom stereocenters. The van der Waals surface area contributed by atoms with E-state index in [1.165, 1.54) is 31.7 Å². The van der Waals surface area contributed by atoms with E-state index in [1.807, 2.05) is 0 Å². The lowest BCUT2D eigenvalue weighted by atomic mass is 10.2. The van der Waals surface area contributed by atoms with Crippen molar-refractivity contribution in [3.63, 3.8) is 0 Å². The number of benzene rings is 2. The number of hydrogen-bond acceptors (Lipinski definition) is 7. The minimum atomic E-state index is -0.530. The molecule has 0 bridgehead atoms. The lowest BCUT2D eigenvalue weighted by molar-refractivity contribution is -0.129. The maximum atomic E-state index is 11.9. The van der Waals surface area contributed by atoms with Gasteiger partial charge in [-0.15, -0.1) is 0 Å². The van der Waals surface area contributed by atoms with Crippen LogP contribution in [0.1, 0.15) is 11.3 Å². The fourth-order valence-corrected chi connectivity index (χ4v) is 2.76. The van der Waals surface area contributed by atoms with Crippen LogP contribution in [0.15, 0.2) is 80.9 Å². The molecule has 0 aliphatic carbocycles. The van der Waals surface area contributed by atoms with Crippen molar-refractivity contribution in [1.82, 2.24) is 5.43 Å². The molecule has 3 aromatic rings. The van der Waals surface area contributed by atoms with Crippen LogP contribution in [-0.2, 0) is 9.59 Å². The quantitative estimate of drug-likeness (QED) is 0.156. The molecule has 1 amide bonds. The number of carbonyl (C=O) groups excluding carboxylic acids is 2. The summed E-state index contributed by atoms with van der Waals surface area (Å²) in [5.41, 5.74) is 3.08. The third-order valence-electron chi connectivity index (χ3n) is 3.91. The lowest BCUT2D eigenvalue weighted by Gasteiger charge is -2.10. The summed E-state index contributed by atoms with van der Waals surface area (Å²) in [4.78, 5) is 23.7. The van der Waals surface area contributed by atoms with Crippen molar-refractivity contribution in [1.29, 1.82) is 0 Å². The van der Waals surface area contributed by atoms with Crippen LogP contribution in [0, 0.1) is 0 Å². The van der Waals surface area contributed by atoms with Gasteiger partial charge in [0.25, 0.3) is 5.91 Å². The Morgan fingerprint density at radius 1 is 1.12 bits per heavy atom. The summed E-state index contributed by atoms with van der Waals surface area (Å²) in [5, 5.41) is 3.89. The number of nitrogens with zero attached hydrogens (tertiary/aromatic N) is 1. The van der Waals surface area contributed by atoms with Crippen molar-refractivity contribution in [2.75, 3.05) is 13.7 Å². The van der Waals surface area contributed by atoms with E-state index in [9.17, 15) is 9.59 Å². The highest BCUT2D eigenvalue weighted by molar-refractivity contribution is 9.10. The molecule has 3 rings (SSSR count). The van der Waals surface area contributed by atoms with E-state index in [4.69, 9.17) is 18.6 Å². The van der Waals surface area contributed by atoms with Crippen LogP contribution in [-0.4, -0.2) is 31.8 Å². The number of amides is 1. The van der Waals surface area contributed by atoms with Gasteiger partial charge in [0.1, 0.15) is 11.5 Å². The standard InChI is InChI=1S/C23H19BrN2O6/c1-29-21-13-17(24)6-10-20(21)31-15-22(27)26-25-14-16-4-7-19(8-5-16)32-23(28)11-9-18-3-2-12-30-18/h2-14H,15H2,1H3,(H,26,27)/b11-9+,25-14-. The van der Waals surface area contributed by atoms with Gasteiger partial charge in [-0.1, -0.05) is 15.9 Å². The molecule has 0 saturated carbocycles. The Labute approximate surface area is 192 Å². The van der Waals surface area contributed by atoms with Gasteiger partial charge in [-0.3, -0.25) is 4.79 Å². The molecule has 1 N–H and O–H groups in total. The number of carbonyl (C=O) groups is 2. The third kappa shape index (κ3) is 7.13. The Morgan fingerprint density at radius 2 is 1.94 bits per heavy atom. The lowest BCUT2D eigenvalue weighted by Crippen LogP contribution is -2.24. The number of methoxy groups -OCH3 is 1. The normalized spacial score (nSPS) is 10.9. The molecular weight excluding hydrogens is 480 g/mol. The number of hydrogen-bond donors (Lipinski definition) is 1. The summed E-state index contributed by atoms with van der Waals surface area (Å²) in [5.74, 6) is 0.915. The Kier molecular flexibility index (Phi) is 8.22. The number of nitrogens with one attached hydrogen (secondary N) is 1. The number of halogens is 1. The van der Waals surface area contributed by atoms with E-state index in [0.29, 0.717) is 28.6 Å². The van der Waals surface area contributed by atoms with Gasteiger partial charge in [-0.2, -0.15) is 5.10 Å². The van der Waals surface area contributed by atoms with Crippen LogP contribution >= 0.6 is 15.9 Å². The van der Waals surface area contributed by atoms with Crippen LogP contribution in [0.5, 0.6) is 17.2 Å². The maximum Gasteiger partial charge on any atom is 0.336 e. The Balaban J connectivity index is 1.44. The zero-order chi connectivity index (χ0) is 22.8. The Morgan fingerprint density at radius 3 is 2.66 bits per heavy atom. The monoisotopic (exact) mass is 498 g/mol. The molecule has 1 aromatic heterocycles. The summed E-state index contributed by atoms with van der Waals surface area (Å²) < 4.78 is 21.8. The summed E-state index contributed by atoms with van der Waals surface area (Å²) in [7, 11) is 1.52. The molecule has 164 valence electrons. The average Bonchev–Trinajstić information content (AvgIpc) is 3.32. The fraction of sp³-hybridized carbons (Fsp3) is 0.0870. The SMILES string of the molecule is COc1cc(Br)ccc1OCC(=O)N/N=C\c1ccc(OC(=O)/C=C/c2ccco2)cc1. The van der Waals surface area contributed by atoms with Crippen molar-refractivity contribution in [3.8, 4) is 17.2 Å². The van der Waals surface area contributed by atoms with Crippen LogP contribution < -0.4 is 19.6 Å². The second-order valence-corrected chi connectivity index (χ2v) is 7.13. The number of furan rings is 1. The van der Waals surface area contributed by atoms with Crippen LogP contribution in [0.2, 0.25) is 0 Å². The fourth-order valence-electron chi connectivity index (χ4n) is 2.42. The van der Waals surface area contributed by atoms with Crippen molar-refractivity contribution in [3.05, 3.63) is 82.7 Å². The molecule has 8 nitrogen and oxygen atoms in total. The van der Waals surface area contributed by atoms with Crippen molar-refractivity contribution < 1.29 is 28.2 Å². The molecule has 0 spiro atoms. The first kappa shape index (κ1) is 22.8. The van der Waals surface area contributed by atoms with Crippen LogP contribution in [0.4, 0.5) is 0 Å². The number of hydrazone groups is 1. The van der Waals surface area contributed by atoms with E-state index in [1.54, 1.807) is 54.6 Å². The minimum absolute atomic E-state index is 0.226. The van der Waals surface area contributed by atoms with Gasteiger partial charge >= 0.3 is 5.97 Å². The third-order valence-corrected chi connectivity index (χ3v) is 4.41. The highest BCUT2D eigenvalue weighted by Crippen LogP contribution is 2.30. The second-order valence-electron chi connectivity index (χ2n) is 6.22. The molecule has 1 heterocycles. The summed E-state index contributed by atoms with van der Waals surface area (Å²) in [6.45, 7) is -0.226. The molecule has 0 saturated heterocycles. The van der Waals surface area contributed by atoms with E-state index in [0.717, 1.165) is 4.47 Å². The van der Waals surface area contributed by atoms with Crippen molar-refractivity contribution >= 4 is 40.1 Å². The van der Waals surface area contributed by atoms with Gasteiger partial charge in [0, 0.05) is 10.5 Å². The second kappa shape index (κ2) is 11.5. The highest BCUT2D eigenvalue weighted by atomic mass is 79.9. The smallest absolute Gasteiger partial charge is 0.336 e. The van der Waals surface area contributed by atoms with E-state index in [-0.39, 0.29) is 6.61 Å². The van der Waals surface area contributed by atoms with Gasteiger partial charge < -0.3 is 18.6 Å². The van der Waals surface area contributed by atoms with E-state index < -0.39 is 11.9 Å². The van der Waals surface area contributed by atoms with E-state index in [2.05, 4.69) is 26.5 Å². The van der Waals surface area contributed by atoms with Crippen LogP contribution in [0.25, 0.3) is 6.08 Å². The Hall–Kier alpha value is -3.85. The van der Waals surface area contributed by atoms with Gasteiger partial charge in [0.2, 0.25) is 0 Å². The molecule has 32 heavy (non-hydrogen) atoms. The number of esters is 1. The summed E-state index contributed by atoms with van der Waals surface area (Å²) in [6, 6.07) is 15.3. The minimum Gasteiger partial charge on any atom is -0.493 e. The maximum absolute atomic E-state index is 11.9. The molecule has 0 aliphatic heterocycles. The molecule has 0 fully saturated rings. The van der Waals surface area contributed by atoms with E-state index >= 15 is 0 Å². The molecule has 0 radical (unpaired) electrons. The average molecular weight is 499 g/mol. The zero-order valence-corrected chi connectivity index (χ0v) is 18.6. The predicted octanol–water partition coefficient (Wildman–Crippen LogP) is 4.20. The summed E-state index contributed by atoms with van der Waals surface area (Å²) in [6.07, 6.45) is 5.76. The van der Waals surface area contributed by atoms with Gasteiger partial charge in [0.05, 0.1) is 19.6 Å². The first-order chi connectivity index (χ1) is 15.5. The largest absolute Gasteiger partial charge is 0.493 e. The van der Waals surface area contributed by atoms with Crippen molar-refractivity contribution in [2.45, 2.75) is 0 Å². The molecule has 9 heteroatoms. The first-order valence-corrected chi connectivity index (χ1v) is 10.1. The number of ether oxygens (including phenoxy) is 3. The topological polar surface area (TPSA) is 99.4 Å².